The van der Waals surface area contributed by atoms with Gasteiger partial charge in [0.1, 0.15) is 0 Å². The van der Waals surface area contributed by atoms with Gasteiger partial charge < -0.3 is 10.1 Å². The summed E-state index contributed by atoms with van der Waals surface area (Å²) in [7, 11) is 1.48. The third-order valence-electron chi connectivity index (χ3n) is 3.18. The predicted molar refractivity (Wildman–Crippen MR) is 62.6 cm³/mol. The lowest BCUT2D eigenvalue weighted by Gasteiger charge is -2.27. The molecule has 1 aromatic rings. The van der Waals surface area contributed by atoms with E-state index >= 15 is 0 Å². The smallest absolute Gasteiger partial charge is 0.166 e. The van der Waals surface area contributed by atoms with Crippen molar-refractivity contribution in [3.63, 3.8) is 0 Å². The Morgan fingerprint density at radius 2 is 2.25 bits per heavy atom. The molecule has 1 N–H and O–H groups in total. The second-order valence-corrected chi connectivity index (χ2v) is 4.77. The number of rotatable bonds is 2. The van der Waals surface area contributed by atoms with Gasteiger partial charge >= 0.3 is 0 Å². The van der Waals surface area contributed by atoms with Crippen molar-refractivity contribution in [2.75, 3.05) is 13.7 Å². The Hall–Kier alpha value is -0.800. The molecule has 1 atom stereocenters. The van der Waals surface area contributed by atoms with Gasteiger partial charge in [-0.1, -0.05) is 11.6 Å². The first-order valence-corrected chi connectivity index (χ1v) is 5.73. The van der Waals surface area contributed by atoms with Crippen LogP contribution in [0.25, 0.3) is 0 Å². The van der Waals surface area contributed by atoms with Gasteiger partial charge in [-0.15, -0.1) is 0 Å². The van der Waals surface area contributed by atoms with Crippen molar-refractivity contribution in [2.45, 2.75) is 25.3 Å². The number of nitrogens with one attached hydrogen (secondary N) is 1. The highest BCUT2D eigenvalue weighted by Gasteiger charge is 2.34. The molecule has 0 aromatic heterocycles. The molecule has 88 valence electrons. The van der Waals surface area contributed by atoms with Crippen LogP contribution in [0.3, 0.4) is 0 Å². The number of benzene rings is 1. The van der Waals surface area contributed by atoms with Crippen molar-refractivity contribution in [3.05, 3.63) is 28.5 Å². The van der Waals surface area contributed by atoms with Gasteiger partial charge in [0, 0.05) is 16.1 Å². The second-order valence-electron chi connectivity index (χ2n) is 4.33. The second kappa shape index (κ2) is 4.22. The molecule has 1 heterocycles. The molecule has 1 unspecified atom stereocenters. The molecule has 2 rings (SSSR count). The Bertz CT molecular complexity index is 402. The largest absolute Gasteiger partial charge is 0.493 e. The summed E-state index contributed by atoms with van der Waals surface area (Å²) < 4.78 is 18.8. The van der Waals surface area contributed by atoms with Crippen LogP contribution >= 0.6 is 11.6 Å². The normalized spacial score (nSPS) is 24.8. The van der Waals surface area contributed by atoms with Crippen LogP contribution < -0.4 is 10.1 Å². The maximum absolute atomic E-state index is 13.7. The number of methoxy groups -OCH3 is 1. The molecule has 1 fully saturated rings. The van der Waals surface area contributed by atoms with Crippen LogP contribution in [0.1, 0.15) is 25.3 Å². The monoisotopic (exact) mass is 243 g/mol. The summed E-state index contributed by atoms with van der Waals surface area (Å²) in [5.74, 6) is -0.110. The first-order valence-electron chi connectivity index (χ1n) is 5.35. The fourth-order valence-electron chi connectivity index (χ4n) is 2.30. The zero-order chi connectivity index (χ0) is 11.8. The highest BCUT2D eigenvalue weighted by atomic mass is 35.5. The van der Waals surface area contributed by atoms with Crippen LogP contribution in [-0.2, 0) is 5.54 Å². The van der Waals surface area contributed by atoms with Gasteiger partial charge in [0.2, 0.25) is 0 Å². The molecule has 0 spiro atoms. The molecule has 4 heteroatoms. The average molecular weight is 244 g/mol. The Morgan fingerprint density at radius 3 is 2.81 bits per heavy atom. The lowest BCUT2D eigenvalue weighted by molar-refractivity contribution is 0.351. The molecule has 1 saturated heterocycles. The third kappa shape index (κ3) is 1.89. The van der Waals surface area contributed by atoms with Gasteiger partial charge in [0.05, 0.1) is 7.11 Å². The van der Waals surface area contributed by atoms with E-state index in [-0.39, 0.29) is 5.54 Å². The van der Waals surface area contributed by atoms with Gasteiger partial charge in [-0.05, 0) is 38.4 Å². The van der Waals surface area contributed by atoms with Gasteiger partial charge in [0.25, 0.3) is 0 Å². The molecule has 1 aliphatic heterocycles. The zero-order valence-electron chi connectivity index (χ0n) is 9.44. The maximum atomic E-state index is 13.7. The van der Waals surface area contributed by atoms with Crippen LogP contribution in [0.4, 0.5) is 4.39 Å². The third-order valence-corrected chi connectivity index (χ3v) is 3.39. The quantitative estimate of drug-likeness (QED) is 0.862. The van der Waals surface area contributed by atoms with Crippen LogP contribution in [0.15, 0.2) is 12.1 Å². The fraction of sp³-hybridized carbons (Fsp3) is 0.500. The molecule has 16 heavy (non-hydrogen) atoms. The van der Waals surface area contributed by atoms with E-state index in [0.29, 0.717) is 10.8 Å². The molecule has 0 radical (unpaired) electrons. The predicted octanol–water partition coefficient (Wildman–Crippen LogP) is 3.09. The summed E-state index contributed by atoms with van der Waals surface area (Å²) in [6.07, 6.45) is 2.04. The fourth-order valence-corrected chi connectivity index (χ4v) is 2.51. The van der Waals surface area contributed by atoms with Crippen molar-refractivity contribution in [1.82, 2.24) is 5.32 Å². The lowest BCUT2D eigenvalue weighted by atomic mass is 9.89. The summed E-state index contributed by atoms with van der Waals surface area (Å²) in [6, 6.07) is 3.06. The van der Waals surface area contributed by atoms with Crippen LogP contribution in [0, 0.1) is 5.82 Å². The van der Waals surface area contributed by atoms with Crippen molar-refractivity contribution in [2.24, 2.45) is 0 Å². The average Bonchev–Trinajstić information content (AvgIpc) is 2.65. The molecule has 0 amide bonds. The Labute approximate surface area is 99.7 Å². The Morgan fingerprint density at radius 1 is 1.50 bits per heavy atom. The van der Waals surface area contributed by atoms with Gasteiger partial charge in [-0.25, -0.2) is 4.39 Å². The number of hydrogen-bond acceptors (Lipinski definition) is 2. The maximum Gasteiger partial charge on any atom is 0.166 e. The molecule has 0 bridgehead atoms. The molecule has 0 saturated carbocycles. The highest BCUT2D eigenvalue weighted by Crippen LogP contribution is 2.39. The minimum absolute atomic E-state index is 0.239. The van der Waals surface area contributed by atoms with Crippen LogP contribution in [-0.4, -0.2) is 13.7 Å². The minimum atomic E-state index is -0.403. The van der Waals surface area contributed by atoms with Crippen molar-refractivity contribution >= 4 is 11.6 Å². The summed E-state index contributed by atoms with van der Waals surface area (Å²) in [5, 5.41) is 3.78. The Balaban J connectivity index is 2.53. The van der Waals surface area contributed by atoms with E-state index in [1.165, 1.54) is 13.2 Å². The van der Waals surface area contributed by atoms with Crippen molar-refractivity contribution < 1.29 is 9.13 Å². The zero-order valence-corrected chi connectivity index (χ0v) is 10.2. The molecule has 1 aromatic carbocycles. The van der Waals surface area contributed by atoms with Crippen LogP contribution in [0.5, 0.6) is 5.75 Å². The number of hydrogen-bond donors (Lipinski definition) is 1. The van der Waals surface area contributed by atoms with E-state index in [4.69, 9.17) is 16.3 Å². The lowest BCUT2D eigenvalue weighted by Crippen LogP contribution is -2.33. The first-order chi connectivity index (χ1) is 7.57. The summed E-state index contributed by atoms with van der Waals surface area (Å²) in [5.41, 5.74) is 0.564. The van der Waals surface area contributed by atoms with E-state index in [2.05, 4.69) is 5.32 Å². The van der Waals surface area contributed by atoms with E-state index in [0.717, 1.165) is 24.9 Å². The van der Waals surface area contributed by atoms with E-state index in [9.17, 15) is 4.39 Å². The van der Waals surface area contributed by atoms with Crippen molar-refractivity contribution in [1.29, 1.82) is 0 Å². The molecule has 2 nitrogen and oxygen atoms in total. The summed E-state index contributed by atoms with van der Waals surface area (Å²) in [6.45, 7) is 2.99. The van der Waals surface area contributed by atoms with Crippen molar-refractivity contribution in [3.8, 4) is 5.75 Å². The number of ether oxygens (including phenoxy) is 1. The van der Waals surface area contributed by atoms with Gasteiger partial charge in [-0.2, -0.15) is 0 Å². The topological polar surface area (TPSA) is 21.3 Å². The number of halogens is 2. The molecular formula is C12H15ClFNO. The summed E-state index contributed by atoms with van der Waals surface area (Å²) >= 11 is 5.90. The van der Waals surface area contributed by atoms with E-state index in [1.54, 1.807) is 6.07 Å². The molecule has 1 aliphatic rings. The molecule has 0 aliphatic carbocycles. The van der Waals surface area contributed by atoms with Crippen LogP contribution in [0.2, 0.25) is 5.02 Å². The van der Waals surface area contributed by atoms with Gasteiger partial charge in [0.15, 0.2) is 11.6 Å². The van der Waals surface area contributed by atoms with E-state index in [1.807, 2.05) is 6.92 Å². The Kier molecular flexibility index (Phi) is 3.08. The SMILES string of the molecule is COc1c(F)cc(Cl)cc1C1(C)CCCN1. The molecular weight excluding hydrogens is 229 g/mol. The first kappa shape index (κ1) is 11.7. The summed E-state index contributed by atoms with van der Waals surface area (Å²) in [4.78, 5) is 0. The highest BCUT2D eigenvalue weighted by molar-refractivity contribution is 6.30. The van der Waals surface area contributed by atoms with E-state index < -0.39 is 5.82 Å². The minimum Gasteiger partial charge on any atom is -0.493 e. The standard InChI is InChI=1S/C12H15ClFNO/c1-12(4-3-5-15-12)9-6-8(13)7-10(14)11(9)16-2/h6-7,15H,3-5H2,1-2H3. The van der Waals surface area contributed by atoms with Gasteiger partial charge in [-0.3, -0.25) is 0 Å².